The molecule has 5 heteroatoms. The van der Waals surface area contributed by atoms with E-state index in [4.69, 9.17) is 0 Å². The average Bonchev–Trinajstić information content (AvgIpc) is 2.56. The number of anilines is 1. The molecular formula is C19H20N2O3. The SMILES string of the molecule is CC(=O)c1ccc(NC(=O)CCNC(=O)Cc2ccccc2)cc1. The lowest BCUT2D eigenvalue weighted by Crippen LogP contribution is -2.28. The van der Waals surface area contributed by atoms with Gasteiger partial charge in [-0.25, -0.2) is 0 Å². The molecule has 0 saturated carbocycles. The Balaban J connectivity index is 1.71. The highest BCUT2D eigenvalue weighted by atomic mass is 16.2. The van der Waals surface area contributed by atoms with E-state index in [9.17, 15) is 14.4 Å². The third kappa shape index (κ3) is 5.68. The first-order valence-corrected chi connectivity index (χ1v) is 7.76. The predicted molar refractivity (Wildman–Crippen MR) is 92.8 cm³/mol. The molecule has 0 saturated heterocycles. The first-order chi connectivity index (χ1) is 11.5. The molecule has 0 aromatic heterocycles. The average molecular weight is 324 g/mol. The van der Waals surface area contributed by atoms with Crippen LogP contribution in [0.5, 0.6) is 0 Å². The topological polar surface area (TPSA) is 75.3 Å². The summed E-state index contributed by atoms with van der Waals surface area (Å²) in [5, 5.41) is 5.46. The van der Waals surface area contributed by atoms with Crippen molar-refractivity contribution in [3.8, 4) is 0 Å². The van der Waals surface area contributed by atoms with Crippen molar-refractivity contribution in [1.29, 1.82) is 0 Å². The van der Waals surface area contributed by atoms with Crippen molar-refractivity contribution in [2.45, 2.75) is 19.8 Å². The second-order valence-electron chi connectivity index (χ2n) is 5.44. The molecule has 0 spiro atoms. The maximum atomic E-state index is 11.8. The fraction of sp³-hybridized carbons (Fsp3) is 0.211. The van der Waals surface area contributed by atoms with E-state index in [2.05, 4.69) is 10.6 Å². The Hall–Kier alpha value is -2.95. The van der Waals surface area contributed by atoms with Gasteiger partial charge in [-0.1, -0.05) is 30.3 Å². The summed E-state index contributed by atoms with van der Waals surface area (Å²) in [6, 6.07) is 16.1. The van der Waals surface area contributed by atoms with Gasteiger partial charge in [0.15, 0.2) is 5.78 Å². The normalized spacial score (nSPS) is 10.0. The van der Waals surface area contributed by atoms with Gasteiger partial charge in [0.1, 0.15) is 0 Å². The lowest BCUT2D eigenvalue weighted by molar-refractivity contribution is -0.120. The van der Waals surface area contributed by atoms with E-state index in [1.165, 1.54) is 6.92 Å². The van der Waals surface area contributed by atoms with Crippen molar-refractivity contribution in [3.63, 3.8) is 0 Å². The van der Waals surface area contributed by atoms with Gasteiger partial charge in [0.25, 0.3) is 0 Å². The summed E-state index contributed by atoms with van der Waals surface area (Å²) >= 11 is 0. The molecule has 0 aliphatic rings. The van der Waals surface area contributed by atoms with Crippen molar-refractivity contribution >= 4 is 23.3 Å². The van der Waals surface area contributed by atoms with Crippen LogP contribution in [0.25, 0.3) is 0 Å². The second-order valence-corrected chi connectivity index (χ2v) is 5.44. The Morgan fingerprint density at radius 1 is 0.875 bits per heavy atom. The number of ketones is 1. The van der Waals surface area contributed by atoms with Crippen LogP contribution < -0.4 is 10.6 Å². The third-order valence-electron chi connectivity index (χ3n) is 3.46. The number of hydrogen-bond acceptors (Lipinski definition) is 3. The van der Waals surface area contributed by atoms with Crippen molar-refractivity contribution in [1.82, 2.24) is 5.32 Å². The second kappa shape index (κ2) is 8.62. The van der Waals surface area contributed by atoms with E-state index in [1.807, 2.05) is 30.3 Å². The summed E-state index contributed by atoms with van der Waals surface area (Å²) in [7, 11) is 0. The Labute approximate surface area is 141 Å². The Kier molecular flexibility index (Phi) is 6.25. The molecule has 5 nitrogen and oxygen atoms in total. The minimum Gasteiger partial charge on any atom is -0.355 e. The van der Waals surface area contributed by atoms with Gasteiger partial charge in [0.2, 0.25) is 11.8 Å². The maximum Gasteiger partial charge on any atom is 0.226 e. The predicted octanol–water partition coefficient (Wildman–Crippen LogP) is 2.58. The number of carbonyl (C=O) groups excluding carboxylic acids is 3. The van der Waals surface area contributed by atoms with Gasteiger partial charge >= 0.3 is 0 Å². The van der Waals surface area contributed by atoms with E-state index >= 15 is 0 Å². The summed E-state index contributed by atoms with van der Waals surface area (Å²) in [5.74, 6) is -0.320. The zero-order valence-electron chi connectivity index (χ0n) is 13.5. The van der Waals surface area contributed by atoms with Crippen LogP contribution in [0.3, 0.4) is 0 Å². The van der Waals surface area contributed by atoms with Gasteiger partial charge in [0, 0.05) is 24.2 Å². The zero-order valence-corrected chi connectivity index (χ0v) is 13.5. The molecule has 0 bridgehead atoms. The molecule has 0 atom stereocenters. The number of benzene rings is 2. The number of amides is 2. The molecule has 24 heavy (non-hydrogen) atoms. The molecule has 2 aromatic carbocycles. The number of rotatable bonds is 7. The minimum atomic E-state index is -0.189. The standard InChI is InChI=1S/C19H20N2O3/c1-14(22)16-7-9-17(10-8-16)21-18(23)11-12-20-19(24)13-15-5-3-2-4-6-15/h2-10H,11-13H2,1H3,(H,20,24)(H,21,23). The van der Waals surface area contributed by atoms with Gasteiger partial charge in [-0.05, 0) is 36.8 Å². The number of nitrogens with one attached hydrogen (secondary N) is 2. The van der Waals surface area contributed by atoms with Gasteiger partial charge in [0.05, 0.1) is 6.42 Å². The monoisotopic (exact) mass is 324 g/mol. The lowest BCUT2D eigenvalue weighted by Gasteiger charge is -2.07. The Morgan fingerprint density at radius 2 is 1.54 bits per heavy atom. The van der Waals surface area contributed by atoms with Crippen LogP contribution in [0.2, 0.25) is 0 Å². The highest BCUT2D eigenvalue weighted by Crippen LogP contribution is 2.10. The maximum absolute atomic E-state index is 11.8. The molecule has 0 heterocycles. The highest BCUT2D eigenvalue weighted by molar-refractivity contribution is 5.95. The molecule has 0 radical (unpaired) electrons. The Bertz CT molecular complexity index is 709. The fourth-order valence-electron chi connectivity index (χ4n) is 2.17. The summed E-state index contributed by atoms with van der Waals surface area (Å²) in [4.78, 5) is 34.8. The van der Waals surface area contributed by atoms with Gasteiger partial charge in [-0.2, -0.15) is 0 Å². The minimum absolute atomic E-state index is 0.0194. The van der Waals surface area contributed by atoms with Crippen LogP contribution in [-0.4, -0.2) is 24.1 Å². The van der Waals surface area contributed by atoms with Crippen LogP contribution in [0.1, 0.15) is 29.3 Å². The molecule has 2 aromatic rings. The zero-order chi connectivity index (χ0) is 17.4. The molecule has 0 aliphatic carbocycles. The number of carbonyl (C=O) groups is 3. The quantitative estimate of drug-likeness (QED) is 0.769. The van der Waals surface area contributed by atoms with E-state index in [-0.39, 0.29) is 30.6 Å². The molecule has 0 fully saturated rings. The molecule has 0 unspecified atom stereocenters. The molecule has 2 N–H and O–H groups in total. The van der Waals surface area contributed by atoms with Gasteiger partial charge in [-0.3, -0.25) is 14.4 Å². The molecule has 2 amide bonds. The van der Waals surface area contributed by atoms with Crippen LogP contribution in [0.4, 0.5) is 5.69 Å². The summed E-state index contributed by atoms with van der Waals surface area (Å²) < 4.78 is 0. The van der Waals surface area contributed by atoms with Crippen molar-refractivity contribution in [3.05, 3.63) is 65.7 Å². The van der Waals surface area contributed by atoms with Crippen molar-refractivity contribution in [2.75, 3.05) is 11.9 Å². The van der Waals surface area contributed by atoms with E-state index < -0.39 is 0 Å². The largest absolute Gasteiger partial charge is 0.355 e. The van der Waals surface area contributed by atoms with E-state index in [0.717, 1.165) is 5.56 Å². The van der Waals surface area contributed by atoms with Crippen LogP contribution >= 0.6 is 0 Å². The molecule has 124 valence electrons. The molecular weight excluding hydrogens is 304 g/mol. The van der Waals surface area contributed by atoms with Gasteiger partial charge in [-0.15, -0.1) is 0 Å². The fourth-order valence-corrected chi connectivity index (χ4v) is 2.17. The summed E-state index contributed by atoms with van der Waals surface area (Å²) in [6.07, 6.45) is 0.490. The molecule has 2 rings (SSSR count). The van der Waals surface area contributed by atoms with Crippen molar-refractivity contribution in [2.24, 2.45) is 0 Å². The van der Waals surface area contributed by atoms with E-state index in [0.29, 0.717) is 17.7 Å². The van der Waals surface area contributed by atoms with Gasteiger partial charge < -0.3 is 10.6 Å². The first-order valence-electron chi connectivity index (χ1n) is 7.76. The molecule has 0 aliphatic heterocycles. The third-order valence-corrected chi connectivity index (χ3v) is 3.46. The number of hydrogen-bond donors (Lipinski definition) is 2. The van der Waals surface area contributed by atoms with Crippen LogP contribution in [0.15, 0.2) is 54.6 Å². The Morgan fingerprint density at radius 3 is 2.17 bits per heavy atom. The highest BCUT2D eigenvalue weighted by Gasteiger charge is 2.06. The first kappa shape index (κ1) is 17.4. The smallest absolute Gasteiger partial charge is 0.226 e. The summed E-state index contributed by atoms with van der Waals surface area (Å²) in [5.41, 5.74) is 2.16. The van der Waals surface area contributed by atoms with Crippen LogP contribution in [0, 0.1) is 0 Å². The van der Waals surface area contributed by atoms with E-state index in [1.54, 1.807) is 24.3 Å². The van der Waals surface area contributed by atoms with Crippen LogP contribution in [-0.2, 0) is 16.0 Å². The van der Waals surface area contributed by atoms with Crippen molar-refractivity contribution < 1.29 is 14.4 Å². The number of Topliss-reactive ketones (excluding diaryl/α,β-unsaturated/α-hetero) is 1. The summed E-state index contributed by atoms with van der Waals surface area (Å²) in [6.45, 7) is 1.77. The lowest BCUT2D eigenvalue weighted by atomic mass is 10.1.